The van der Waals surface area contributed by atoms with Crippen molar-refractivity contribution in [2.24, 2.45) is 11.7 Å². The van der Waals surface area contributed by atoms with E-state index in [2.05, 4.69) is 0 Å². The Morgan fingerprint density at radius 3 is 2.95 bits per heavy atom. The molecule has 20 heavy (non-hydrogen) atoms. The number of hydrogen-bond donors (Lipinski definition) is 1. The summed E-state index contributed by atoms with van der Waals surface area (Å²) in [6.07, 6.45) is 2.53. The Morgan fingerprint density at radius 2 is 2.30 bits per heavy atom. The van der Waals surface area contributed by atoms with E-state index < -0.39 is 0 Å². The second kappa shape index (κ2) is 7.60. The number of carbonyl (C=O) groups is 1. The smallest absolute Gasteiger partial charge is 0.225 e. The van der Waals surface area contributed by atoms with Gasteiger partial charge in [-0.2, -0.15) is 0 Å². The highest BCUT2D eigenvalue weighted by atomic mass is 35.5. The number of benzene rings is 1. The fourth-order valence-corrected chi connectivity index (χ4v) is 2.63. The molecule has 1 fully saturated rings. The van der Waals surface area contributed by atoms with Gasteiger partial charge >= 0.3 is 0 Å². The molecule has 0 saturated carbocycles. The maximum atomic E-state index is 13.1. The van der Waals surface area contributed by atoms with Gasteiger partial charge < -0.3 is 10.6 Å². The van der Waals surface area contributed by atoms with Crippen LogP contribution in [0.3, 0.4) is 0 Å². The van der Waals surface area contributed by atoms with Crippen molar-refractivity contribution in [3.8, 4) is 0 Å². The molecule has 1 heterocycles. The lowest BCUT2D eigenvalue weighted by Crippen LogP contribution is -2.47. The highest BCUT2D eigenvalue weighted by Gasteiger charge is 2.25. The van der Waals surface area contributed by atoms with Crippen LogP contribution in [-0.4, -0.2) is 29.9 Å². The molecule has 112 valence electrons. The van der Waals surface area contributed by atoms with Crippen LogP contribution in [0.5, 0.6) is 0 Å². The molecule has 1 aliphatic rings. The van der Waals surface area contributed by atoms with Gasteiger partial charge in [-0.1, -0.05) is 19.1 Å². The molecule has 1 amide bonds. The van der Waals surface area contributed by atoms with Crippen LogP contribution in [0.2, 0.25) is 0 Å². The molecule has 1 aromatic rings. The van der Waals surface area contributed by atoms with E-state index in [-0.39, 0.29) is 36.1 Å². The number of likely N-dealkylation sites (tertiary alicyclic amines) is 1. The van der Waals surface area contributed by atoms with Gasteiger partial charge in [0.25, 0.3) is 0 Å². The minimum atomic E-state index is -0.253. The van der Waals surface area contributed by atoms with Gasteiger partial charge in [-0.25, -0.2) is 4.39 Å². The minimum Gasteiger partial charge on any atom is -0.341 e. The summed E-state index contributed by atoms with van der Waals surface area (Å²) in [5, 5.41) is 0. The molecule has 0 bridgehead atoms. The Hall–Kier alpha value is -1.13. The molecule has 0 spiro atoms. The Labute approximate surface area is 125 Å². The summed E-state index contributed by atoms with van der Waals surface area (Å²) in [4.78, 5) is 14.2. The van der Waals surface area contributed by atoms with Gasteiger partial charge in [-0.3, -0.25) is 4.79 Å². The molecular weight excluding hydrogens is 279 g/mol. The molecule has 2 N–H and O–H groups in total. The topological polar surface area (TPSA) is 46.3 Å². The third kappa shape index (κ3) is 4.46. The van der Waals surface area contributed by atoms with Crippen LogP contribution in [0.1, 0.15) is 25.3 Å². The fraction of sp³-hybridized carbons (Fsp3) is 0.533. The number of piperidine rings is 1. The average molecular weight is 301 g/mol. The molecule has 0 radical (unpaired) electrons. The van der Waals surface area contributed by atoms with Crippen LogP contribution in [0, 0.1) is 11.7 Å². The van der Waals surface area contributed by atoms with Crippen LogP contribution >= 0.6 is 12.4 Å². The first kappa shape index (κ1) is 16.9. The number of amides is 1. The quantitative estimate of drug-likeness (QED) is 0.931. The summed E-state index contributed by atoms with van der Waals surface area (Å²) in [6.45, 7) is 3.33. The van der Waals surface area contributed by atoms with Crippen molar-refractivity contribution in [2.45, 2.75) is 32.2 Å². The van der Waals surface area contributed by atoms with Crippen LogP contribution < -0.4 is 5.73 Å². The highest BCUT2D eigenvalue weighted by Crippen LogP contribution is 2.16. The summed E-state index contributed by atoms with van der Waals surface area (Å²) >= 11 is 0. The lowest BCUT2D eigenvalue weighted by atomic mass is 9.98. The second-order valence-corrected chi connectivity index (χ2v) is 5.42. The van der Waals surface area contributed by atoms with Crippen LogP contribution in [-0.2, 0) is 11.2 Å². The van der Waals surface area contributed by atoms with Gasteiger partial charge in [-0.15, -0.1) is 12.4 Å². The lowest BCUT2D eigenvalue weighted by molar-refractivity contribution is -0.136. The molecular formula is C15H22ClFN2O. The van der Waals surface area contributed by atoms with E-state index in [0.29, 0.717) is 13.0 Å². The molecule has 3 nitrogen and oxygen atoms in total. The van der Waals surface area contributed by atoms with E-state index in [1.54, 1.807) is 6.07 Å². The number of carbonyl (C=O) groups excluding carboxylic acids is 1. The van der Waals surface area contributed by atoms with Crippen LogP contribution in [0.15, 0.2) is 24.3 Å². The predicted octanol–water partition coefficient (Wildman–Crippen LogP) is 2.38. The summed E-state index contributed by atoms with van der Waals surface area (Å²) in [7, 11) is 0. The first-order chi connectivity index (χ1) is 9.06. The van der Waals surface area contributed by atoms with E-state index in [1.165, 1.54) is 12.1 Å². The van der Waals surface area contributed by atoms with Crippen molar-refractivity contribution in [1.82, 2.24) is 4.90 Å². The van der Waals surface area contributed by atoms with Gasteiger partial charge in [0.1, 0.15) is 5.82 Å². The van der Waals surface area contributed by atoms with Crippen LogP contribution in [0.4, 0.5) is 4.39 Å². The fourth-order valence-electron chi connectivity index (χ4n) is 2.63. The molecule has 2 unspecified atom stereocenters. The number of nitrogens with two attached hydrogens (primary N) is 1. The SMILES string of the molecule is CC(Cc1cccc(F)c1)C(=O)N1CCCC(N)C1.Cl. The Kier molecular flexibility index (Phi) is 6.43. The zero-order chi connectivity index (χ0) is 13.8. The molecule has 1 saturated heterocycles. The number of halogens is 2. The first-order valence-electron chi connectivity index (χ1n) is 6.85. The van der Waals surface area contributed by atoms with Crippen molar-refractivity contribution in [3.05, 3.63) is 35.6 Å². The van der Waals surface area contributed by atoms with Crippen LogP contribution in [0.25, 0.3) is 0 Å². The first-order valence-corrected chi connectivity index (χ1v) is 6.85. The summed E-state index contributed by atoms with van der Waals surface area (Å²) in [6, 6.07) is 6.54. The molecule has 1 aliphatic heterocycles. The van der Waals surface area contributed by atoms with E-state index in [0.717, 1.165) is 24.9 Å². The molecule has 0 aliphatic carbocycles. The normalized spacial score (nSPS) is 20.1. The largest absolute Gasteiger partial charge is 0.341 e. The molecule has 0 aromatic heterocycles. The minimum absolute atomic E-state index is 0. The highest BCUT2D eigenvalue weighted by molar-refractivity contribution is 5.85. The van der Waals surface area contributed by atoms with E-state index >= 15 is 0 Å². The maximum Gasteiger partial charge on any atom is 0.225 e. The summed E-state index contributed by atoms with van der Waals surface area (Å²) in [5.41, 5.74) is 6.76. The van der Waals surface area contributed by atoms with Gasteiger partial charge in [-0.05, 0) is 37.0 Å². The average Bonchev–Trinajstić information content (AvgIpc) is 2.38. The third-order valence-electron chi connectivity index (χ3n) is 3.62. The number of nitrogens with zero attached hydrogens (tertiary/aromatic N) is 1. The van der Waals surface area contributed by atoms with Gasteiger partial charge in [0.2, 0.25) is 5.91 Å². The van der Waals surface area contributed by atoms with Gasteiger partial charge in [0.15, 0.2) is 0 Å². The second-order valence-electron chi connectivity index (χ2n) is 5.42. The van der Waals surface area contributed by atoms with E-state index in [9.17, 15) is 9.18 Å². The maximum absolute atomic E-state index is 13.1. The van der Waals surface area contributed by atoms with Crippen molar-refractivity contribution in [3.63, 3.8) is 0 Å². The Balaban J connectivity index is 0.00000200. The number of rotatable bonds is 3. The van der Waals surface area contributed by atoms with Gasteiger partial charge in [0.05, 0.1) is 0 Å². The van der Waals surface area contributed by atoms with Crippen molar-refractivity contribution in [2.75, 3.05) is 13.1 Å². The molecule has 2 rings (SSSR count). The molecule has 1 aromatic carbocycles. The Bertz CT molecular complexity index is 455. The van der Waals surface area contributed by atoms with Crippen molar-refractivity contribution in [1.29, 1.82) is 0 Å². The molecule has 5 heteroatoms. The Morgan fingerprint density at radius 1 is 1.55 bits per heavy atom. The van der Waals surface area contributed by atoms with Gasteiger partial charge in [0, 0.05) is 25.0 Å². The predicted molar refractivity (Wildman–Crippen MR) is 80.3 cm³/mol. The summed E-state index contributed by atoms with van der Waals surface area (Å²) in [5.74, 6) is -0.261. The standard InChI is InChI=1S/C15H21FN2O.ClH/c1-11(8-12-4-2-5-13(16)9-12)15(19)18-7-3-6-14(17)10-18;/h2,4-5,9,11,14H,3,6-8,10,17H2,1H3;1H. The van der Waals surface area contributed by atoms with Crippen molar-refractivity contribution >= 4 is 18.3 Å². The van der Waals surface area contributed by atoms with Crippen molar-refractivity contribution < 1.29 is 9.18 Å². The monoisotopic (exact) mass is 300 g/mol. The zero-order valence-corrected chi connectivity index (χ0v) is 12.5. The molecule has 2 atom stereocenters. The van der Waals surface area contributed by atoms with E-state index in [4.69, 9.17) is 5.73 Å². The van der Waals surface area contributed by atoms with E-state index in [1.807, 2.05) is 17.9 Å². The third-order valence-corrected chi connectivity index (χ3v) is 3.62. The zero-order valence-electron chi connectivity index (χ0n) is 11.7. The lowest BCUT2D eigenvalue weighted by Gasteiger charge is -2.32. The summed E-state index contributed by atoms with van der Waals surface area (Å²) < 4.78 is 13.1. The number of hydrogen-bond acceptors (Lipinski definition) is 2.